The van der Waals surface area contributed by atoms with E-state index in [-0.39, 0.29) is 17.8 Å². The average molecular weight is 333 g/mol. The fraction of sp³-hybridized carbons (Fsp3) is 0.0667. The summed E-state index contributed by atoms with van der Waals surface area (Å²) in [4.78, 5) is 11.7. The van der Waals surface area contributed by atoms with Crippen LogP contribution in [0.1, 0.15) is 5.56 Å². The third-order valence-corrected chi connectivity index (χ3v) is 3.59. The van der Waals surface area contributed by atoms with Crippen LogP contribution in [0.2, 0.25) is 0 Å². The van der Waals surface area contributed by atoms with Gasteiger partial charge >= 0.3 is 0 Å². The summed E-state index contributed by atoms with van der Waals surface area (Å²) in [5, 5.41) is 4.67. The molecular weight excluding hydrogens is 323 g/mol. The number of benzene rings is 2. The van der Waals surface area contributed by atoms with Gasteiger partial charge in [-0.15, -0.1) is 0 Å². The van der Waals surface area contributed by atoms with Gasteiger partial charge in [0.25, 0.3) is 0 Å². The van der Waals surface area contributed by atoms with Crippen LogP contribution >= 0.6 is 15.9 Å². The lowest BCUT2D eigenvalue weighted by molar-refractivity contribution is 0.587. The number of nitrogens with zero attached hydrogens (tertiary/aromatic N) is 2. The third-order valence-electron chi connectivity index (χ3n) is 3.10. The summed E-state index contributed by atoms with van der Waals surface area (Å²) >= 11 is 3.23. The van der Waals surface area contributed by atoms with Gasteiger partial charge in [0.05, 0.1) is 18.3 Å². The van der Waals surface area contributed by atoms with Crippen LogP contribution in [-0.4, -0.2) is 9.78 Å². The van der Waals surface area contributed by atoms with Crippen LogP contribution in [0, 0.1) is 5.82 Å². The molecule has 0 saturated carbocycles. The van der Waals surface area contributed by atoms with Crippen LogP contribution in [-0.2, 0) is 6.54 Å². The summed E-state index contributed by atoms with van der Waals surface area (Å²) in [7, 11) is 0. The van der Waals surface area contributed by atoms with Gasteiger partial charge < -0.3 is 0 Å². The largest absolute Gasteiger partial charge is 0.287 e. The summed E-state index contributed by atoms with van der Waals surface area (Å²) in [5.41, 5.74) is 1.09. The number of hydrogen-bond acceptors (Lipinski definition) is 2. The zero-order valence-electron chi connectivity index (χ0n) is 10.4. The molecule has 0 unspecified atom stereocenters. The van der Waals surface area contributed by atoms with Crippen molar-refractivity contribution >= 4 is 26.8 Å². The molecule has 0 spiro atoms. The molecule has 0 aliphatic rings. The van der Waals surface area contributed by atoms with E-state index in [1.807, 2.05) is 6.07 Å². The van der Waals surface area contributed by atoms with E-state index >= 15 is 0 Å². The molecule has 1 heterocycles. The Balaban J connectivity index is 2.11. The van der Waals surface area contributed by atoms with Gasteiger partial charge in [-0.2, -0.15) is 5.10 Å². The van der Waals surface area contributed by atoms with E-state index < -0.39 is 0 Å². The van der Waals surface area contributed by atoms with Crippen LogP contribution in [0.25, 0.3) is 10.9 Å². The maximum Gasteiger partial charge on any atom is 0.207 e. The van der Waals surface area contributed by atoms with Crippen molar-refractivity contribution in [2.24, 2.45) is 0 Å². The molecule has 3 rings (SSSR count). The highest BCUT2D eigenvalue weighted by atomic mass is 79.9. The van der Waals surface area contributed by atoms with Crippen LogP contribution in [0.4, 0.5) is 4.39 Å². The maximum atomic E-state index is 13.9. The Morgan fingerprint density at radius 3 is 2.80 bits per heavy atom. The van der Waals surface area contributed by atoms with Gasteiger partial charge in [0.2, 0.25) is 5.43 Å². The second-order valence-corrected chi connectivity index (χ2v) is 5.34. The number of para-hydroxylation sites is 1. The van der Waals surface area contributed by atoms with Gasteiger partial charge in [0.1, 0.15) is 5.82 Å². The molecule has 2 aromatic carbocycles. The van der Waals surface area contributed by atoms with Gasteiger partial charge in [0.15, 0.2) is 0 Å². The number of halogens is 2. The number of hydrogen-bond donors (Lipinski definition) is 0. The average Bonchev–Trinajstić information content (AvgIpc) is 2.45. The first-order valence-corrected chi connectivity index (χ1v) is 6.83. The summed E-state index contributed by atoms with van der Waals surface area (Å²) in [5.74, 6) is -0.302. The molecule has 0 fully saturated rings. The molecule has 100 valence electrons. The van der Waals surface area contributed by atoms with E-state index in [1.54, 1.807) is 35.0 Å². The highest BCUT2D eigenvalue weighted by Gasteiger charge is 2.07. The van der Waals surface area contributed by atoms with E-state index in [1.165, 1.54) is 12.3 Å². The quantitative estimate of drug-likeness (QED) is 0.721. The molecule has 0 radical (unpaired) electrons. The zero-order chi connectivity index (χ0) is 14.1. The summed E-state index contributed by atoms with van der Waals surface area (Å²) in [6.07, 6.45) is 1.26. The molecule has 0 atom stereocenters. The van der Waals surface area contributed by atoms with Gasteiger partial charge in [-0.25, -0.2) is 4.39 Å². The predicted octanol–water partition coefficient (Wildman–Crippen LogP) is 3.35. The van der Waals surface area contributed by atoms with E-state index in [0.29, 0.717) is 20.9 Å². The lowest BCUT2D eigenvalue weighted by Crippen LogP contribution is -2.13. The Morgan fingerprint density at radius 1 is 1.20 bits per heavy atom. The van der Waals surface area contributed by atoms with Crippen molar-refractivity contribution in [3.05, 3.63) is 74.7 Å². The van der Waals surface area contributed by atoms with Gasteiger partial charge in [-0.3, -0.25) is 9.48 Å². The van der Waals surface area contributed by atoms with Crippen molar-refractivity contribution in [1.29, 1.82) is 0 Å². The molecule has 0 N–H and O–H groups in total. The molecule has 0 aliphatic heterocycles. The molecule has 3 aromatic rings. The SMILES string of the molecule is O=c1cnn(Cc2ccc(Br)cc2F)c2ccccc12. The second kappa shape index (κ2) is 5.17. The normalized spacial score (nSPS) is 10.9. The minimum Gasteiger partial charge on any atom is -0.287 e. The Kier molecular flexibility index (Phi) is 3.36. The lowest BCUT2D eigenvalue weighted by atomic mass is 10.2. The van der Waals surface area contributed by atoms with E-state index in [2.05, 4.69) is 21.0 Å². The summed E-state index contributed by atoms with van der Waals surface area (Å²) in [6, 6.07) is 12.1. The standard InChI is InChI=1S/C15H10BrFN2O/c16-11-6-5-10(13(17)7-11)9-19-14-4-2-1-3-12(14)15(20)8-18-19/h1-8H,9H2. The Hall–Kier alpha value is -2.01. The smallest absolute Gasteiger partial charge is 0.207 e. The van der Waals surface area contributed by atoms with Gasteiger partial charge in [-0.1, -0.05) is 34.1 Å². The molecule has 0 bridgehead atoms. The predicted molar refractivity (Wildman–Crippen MR) is 79.2 cm³/mol. The van der Waals surface area contributed by atoms with E-state index in [4.69, 9.17) is 0 Å². The van der Waals surface area contributed by atoms with E-state index in [0.717, 1.165) is 0 Å². The first kappa shape index (κ1) is 13.0. The molecule has 0 aliphatic carbocycles. The fourth-order valence-corrected chi connectivity index (χ4v) is 2.43. The molecule has 0 amide bonds. The third kappa shape index (κ3) is 2.36. The van der Waals surface area contributed by atoms with Crippen molar-refractivity contribution in [2.75, 3.05) is 0 Å². The molecule has 0 saturated heterocycles. The van der Waals surface area contributed by atoms with Crippen LogP contribution in [0.15, 0.2) is 57.9 Å². The second-order valence-electron chi connectivity index (χ2n) is 4.42. The van der Waals surface area contributed by atoms with Crippen LogP contribution in [0.5, 0.6) is 0 Å². The van der Waals surface area contributed by atoms with Crippen molar-refractivity contribution in [3.63, 3.8) is 0 Å². The number of aromatic nitrogens is 2. The molecule has 20 heavy (non-hydrogen) atoms. The zero-order valence-corrected chi connectivity index (χ0v) is 12.0. The molecule has 3 nitrogen and oxygen atoms in total. The monoisotopic (exact) mass is 332 g/mol. The van der Waals surface area contributed by atoms with Crippen molar-refractivity contribution in [2.45, 2.75) is 6.54 Å². The minimum atomic E-state index is -0.302. The lowest BCUT2D eigenvalue weighted by Gasteiger charge is -2.10. The molecule has 5 heteroatoms. The number of rotatable bonds is 2. The Bertz CT molecular complexity index is 845. The minimum absolute atomic E-state index is 0.131. The molecular formula is C15H10BrFN2O. The highest BCUT2D eigenvalue weighted by molar-refractivity contribution is 9.10. The summed E-state index contributed by atoms with van der Waals surface area (Å²) < 4.78 is 16.2. The van der Waals surface area contributed by atoms with Crippen LogP contribution < -0.4 is 5.43 Å². The van der Waals surface area contributed by atoms with E-state index in [9.17, 15) is 9.18 Å². The molecule has 1 aromatic heterocycles. The topological polar surface area (TPSA) is 34.9 Å². The van der Waals surface area contributed by atoms with Gasteiger partial charge in [-0.05, 0) is 24.3 Å². The fourth-order valence-electron chi connectivity index (χ4n) is 2.10. The first-order chi connectivity index (χ1) is 9.65. The Morgan fingerprint density at radius 2 is 2.00 bits per heavy atom. The van der Waals surface area contributed by atoms with Crippen LogP contribution in [0.3, 0.4) is 0 Å². The highest BCUT2D eigenvalue weighted by Crippen LogP contribution is 2.17. The maximum absolute atomic E-state index is 13.9. The Labute approximate surface area is 122 Å². The van der Waals surface area contributed by atoms with Gasteiger partial charge in [0, 0.05) is 15.4 Å². The van der Waals surface area contributed by atoms with Crippen molar-refractivity contribution in [1.82, 2.24) is 9.78 Å². The first-order valence-electron chi connectivity index (χ1n) is 6.04. The van der Waals surface area contributed by atoms with Crippen molar-refractivity contribution in [3.8, 4) is 0 Å². The number of fused-ring (bicyclic) bond motifs is 1. The van der Waals surface area contributed by atoms with Crippen molar-refractivity contribution < 1.29 is 4.39 Å². The summed E-state index contributed by atoms with van der Waals surface area (Å²) in [6.45, 7) is 0.278.